The summed E-state index contributed by atoms with van der Waals surface area (Å²) in [4.78, 5) is 16.2. The van der Waals surface area contributed by atoms with Crippen LogP contribution in [0.15, 0.2) is 35.3 Å². The lowest BCUT2D eigenvalue weighted by molar-refractivity contribution is -0.157. The van der Waals surface area contributed by atoms with Gasteiger partial charge >= 0.3 is 6.18 Å². The van der Waals surface area contributed by atoms with Gasteiger partial charge in [0, 0.05) is 26.6 Å². The summed E-state index contributed by atoms with van der Waals surface area (Å²) in [7, 11) is 2.57. The Morgan fingerprint density at radius 2 is 1.88 bits per heavy atom. The number of nitrogens with one attached hydrogen (secondary N) is 2. The highest BCUT2D eigenvalue weighted by atomic mass is 127. The molecule has 0 aliphatic rings. The van der Waals surface area contributed by atoms with Gasteiger partial charge in [-0.05, 0) is 5.56 Å². The smallest absolute Gasteiger partial charge is 0.396 e. The summed E-state index contributed by atoms with van der Waals surface area (Å²) < 4.78 is 36.8. The molecule has 0 saturated heterocycles. The molecule has 1 aromatic rings. The van der Waals surface area contributed by atoms with Crippen LogP contribution in [0, 0.1) is 0 Å². The number of aliphatic hydroxyl groups excluding tert-OH is 1. The van der Waals surface area contributed by atoms with Gasteiger partial charge in [0.2, 0.25) is 5.91 Å². The van der Waals surface area contributed by atoms with Gasteiger partial charge in [-0.2, -0.15) is 13.2 Å². The summed E-state index contributed by atoms with van der Waals surface area (Å²) in [6, 6.07) is 9.36. The van der Waals surface area contributed by atoms with Crippen molar-refractivity contribution in [3.05, 3.63) is 35.9 Å². The second kappa shape index (κ2) is 11.9. The molecule has 10 heteroatoms. The molecule has 1 amide bonds. The van der Waals surface area contributed by atoms with Crippen molar-refractivity contribution in [2.24, 2.45) is 4.99 Å². The predicted octanol–water partition coefficient (Wildman–Crippen LogP) is 1.57. The summed E-state index contributed by atoms with van der Waals surface area (Å²) >= 11 is 0. The van der Waals surface area contributed by atoms with Crippen molar-refractivity contribution in [3.63, 3.8) is 0 Å². The first-order valence-electron chi connectivity index (χ1n) is 7.68. The van der Waals surface area contributed by atoms with Crippen molar-refractivity contribution in [1.82, 2.24) is 15.5 Å². The normalized spacial score (nSPS) is 12.8. The van der Waals surface area contributed by atoms with Crippen LogP contribution in [0.4, 0.5) is 13.2 Å². The zero-order valence-corrected chi connectivity index (χ0v) is 16.9. The Morgan fingerprint density at radius 1 is 1.27 bits per heavy atom. The summed E-state index contributed by atoms with van der Waals surface area (Å²) in [6.07, 6.45) is -4.44. The number of amides is 1. The fourth-order valence-electron chi connectivity index (χ4n) is 2.10. The molecular weight excluding hydrogens is 464 g/mol. The maximum absolute atomic E-state index is 12.3. The van der Waals surface area contributed by atoms with Gasteiger partial charge in [-0.15, -0.1) is 24.0 Å². The fourth-order valence-corrected chi connectivity index (χ4v) is 2.10. The molecule has 1 atom stereocenters. The predicted molar refractivity (Wildman–Crippen MR) is 105 cm³/mol. The summed E-state index contributed by atoms with van der Waals surface area (Å²) in [5.74, 6) is -0.617. The minimum Gasteiger partial charge on any atom is -0.396 e. The van der Waals surface area contributed by atoms with Crippen LogP contribution >= 0.6 is 24.0 Å². The lowest BCUT2D eigenvalue weighted by Crippen LogP contribution is -2.46. The first kappa shape index (κ1) is 24.4. The average molecular weight is 488 g/mol. The molecule has 1 unspecified atom stereocenters. The first-order valence-corrected chi connectivity index (χ1v) is 7.68. The Labute approximate surface area is 167 Å². The number of rotatable bonds is 7. The first-order chi connectivity index (χ1) is 11.8. The molecule has 0 radical (unpaired) electrons. The maximum atomic E-state index is 12.3. The molecule has 0 spiro atoms. The Bertz CT molecular complexity index is 570. The van der Waals surface area contributed by atoms with E-state index in [4.69, 9.17) is 0 Å². The number of guanidine groups is 1. The van der Waals surface area contributed by atoms with Crippen LogP contribution < -0.4 is 10.6 Å². The molecule has 0 saturated carbocycles. The number of carbonyl (C=O) groups excluding carboxylic acids is 1. The average Bonchev–Trinajstić information content (AvgIpc) is 2.57. The second-order valence-corrected chi connectivity index (χ2v) is 5.46. The van der Waals surface area contributed by atoms with Gasteiger partial charge in [-0.1, -0.05) is 30.3 Å². The minimum atomic E-state index is -4.44. The van der Waals surface area contributed by atoms with E-state index in [2.05, 4.69) is 15.6 Å². The van der Waals surface area contributed by atoms with E-state index < -0.39 is 18.6 Å². The van der Waals surface area contributed by atoms with Gasteiger partial charge in [-0.3, -0.25) is 9.79 Å². The number of carbonyl (C=O) groups is 1. The molecule has 0 aliphatic carbocycles. The van der Waals surface area contributed by atoms with Crippen LogP contribution in [0.1, 0.15) is 11.5 Å². The standard InChI is InChI=1S/C16H23F3N4O2.HI/c1-20-15(22-9-14(25)23(2)11-16(17,18)19)21-8-13(10-24)12-6-4-3-5-7-12;/h3-7,13,24H,8-11H2,1-2H3,(H2,20,21,22);1H. The van der Waals surface area contributed by atoms with Crippen molar-refractivity contribution in [1.29, 1.82) is 0 Å². The van der Waals surface area contributed by atoms with E-state index in [1.807, 2.05) is 30.3 Å². The SMILES string of the molecule is CN=C(NCC(=O)N(C)CC(F)(F)F)NCC(CO)c1ccccc1.I. The van der Waals surface area contributed by atoms with Crippen molar-refractivity contribution >= 4 is 35.8 Å². The van der Waals surface area contributed by atoms with E-state index in [0.717, 1.165) is 12.6 Å². The van der Waals surface area contributed by atoms with E-state index in [9.17, 15) is 23.1 Å². The maximum Gasteiger partial charge on any atom is 0.406 e. The van der Waals surface area contributed by atoms with E-state index in [1.165, 1.54) is 7.05 Å². The molecule has 148 valence electrons. The molecule has 0 aromatic heterocycles. The number of likely N-dealkylation sites (N-methyl/N-ethyl adjacent to an activating group) is 1. The van der Waals surface area contributed by atoms with Crippen molar-refractivity contribution in [2.75, 3.05) is 40.3 Å². The molecule has 1 rings (SSSR count). The quantitative estimate of drug-likeness (QED) is 0.310. The summed E-state index contributed by atoms with van der Waals surface area (Å²) in [6.45, 7) is -1.35. The Hall–Kier alpha value is -1.56. The molecule has 0 aliphatic heterocycles. The molecule has 0 fully saturated rings. The Balaban J connectivity index is 0.00000625. The lowest BCUT2D eigenvalue weighted by Gasteiger charge is -2.21. The molecule has 1 aromatic carbocycles. The van der Waals surface area contributed by atoms with Gasteiger partial charge in [0.15, 0.2) is 5.96 Å². The lowest BCUT2D eigenvalue weighted by atomic mass is 10.0. The van der Waals surface area contributed by atoms with Crippen LogP contribution in [-0.4, -0.2) is 68.4 Å². The van der Waals surface area contributed by atoms with Gasteiger partial charge in [0.1, 0.15) is 6.54 Å². The van der Waals surface area contributed by atoms with Gasteiger partial charge in [0.25, 0.3) is 0 Å². The van der Waals surface area contributed by atoms with Crippen molar-refractivity contribution in [3.8, 4) is 0 Å². The third-order valence-electron chi connectivity index (χ3n) is 3.48. The molecule has 6 nitrogen and oxygen atoms in total. The van der Waals surface area contributed by atoms with Gasteiger partial charge < -0.3 is 20.6 Å². The molecule has 0 bridgehead atoms. The fraction of sp³-hybridized carbons (Fsp3) is 0.500. The third-order valence-corrected chi connectivity index (χ3v) is 3.48. The summed E-state index contributed by atoms with van der Waals surface area (Å²) in [5.41, 5.74) is 0.939. The highest BCUT2D eigenvalue weighted by molar-refractivity contribution is 14.0. The molecule has 0 heterocycles. The Kier molecular flexibility index (Phi) is 11.2. The topological polar surface area (TPSA) is 77.0 Å². The Morgan fingerprint density at radius 3 is 2.38 bits per heavy atom. The number of hydrogen-bond acceptors (Lipinski definition) is 3. The van der Waals surface area contributed by atoms with Crippen LogP contribution in [0.2, 0.25) is 0 Å². The minimum absolute atomic E-state index is 0. The monoisotopic (exact) mass is 488 g/mol. The molecular formula is C16H24F3IN4O2. The molecule has 26 heavy (non-hydrogen) atoms. The van der Waals surface area contributed by atoms with Gasteiger partial charge in [-0.25, -0.2) is 0 Å². The van der Waals surface area contributed by atoms with Gasteiger partial charge in [0.05, 0.1) is 13.2 Å². The number of nitrogens with zero attached hydrogens (tertiary/aromatic N) is 2. The van der Waals surface area contributed by atoms with Crippen LogP contribution in [0.5, 0.6) is 0 Å². The highest BCUT2D eigenvalue weighted by Crippen LogP contribution is 2.15. The number of benzene rings is 1. The van der Waals surface area contributed by atoms with E-state index in [-0.39, 0.29) is 49.0 Å². The van der Waals surface area contributed by atoms with Crippen LogP contribution in [-0.2, 0) is 4.79 Å². The number of halogens is 4. The molecule has 3 N–H and O–H groups in total. The number of hydrogen-bond donors (Lipinski definition) is 3. The zero-order chi connectivity index (χ0) is 18.9. The van der Waals surface area contributed by atoms with Crippen molar-refractivity contribution < 1.29 is 23.1 Å². The number of aliphatic imine (C=N–C) groups is 1. The second-order valence-electron chi connectivity index (χ2n) is 5.46. The highest BCUT2D eigenvalue weighted by Gasteiger charge is 2.31. The summed E-state index contributed by atoms with van der Waals surface area (Å²) in [5, 5.41) is 15.1. The van der Waals surface area contributed by atoms with E-state index in [1.54, 1.807) is 0 Å². The third kappa shape index (κ3) is 9.22. The largest absolute Gasteiger partial charge is 0.406 e. The van der Waals surface area contributed by atoms with Crippen LogP contribution in [0.25, 0.3) is 0 Å². The zero-order valence-electron chi connectivity index (χ0n) is 14.6. The number of aliphatic hydroxyl groups is 1. The van der Waals surface area contributed by atoms with Crippen LogP contribution in [0.3, 0.4) is 0 Å². The number of alkyl halides is 3. The van der Waals surface area contributed by atoms with E-state index >= 15 is 0 Å². The van der Waals surface area contributed by atoms with Crippen molar-refractivity contribution in [2.45, 2.75) is 12.1 Å². The van der Waals surface area contributed by atoms with E-state index in [0.29, 0.717) is 11.4 Å².